The lowest BCUT2D eigenvalue weighted by atomic mass is 10.1. The van der Waals surface area contributed by atoms with E-state index in [0.717, 1.165) is 11.0 Å². The molecule has 1 unspecified atom stereocenters. The molecular weight excluding hydrogens is 234 g/mol. The zero-order valence-corrected chi connectivity index (χ0v) is 10.9. The van der Waals surface area contributed by atoms with Crippen LogP contribution in [-0.2, 0) is 4.79 Å². The first kappa shape index (κ1) is 12.1. The molecule has 2 heterocycles. The van der Waals surface area contributed by atoms with Crippen molar-refractivity contribution in [1.82, 2.24) is 4.98 Å². The van der Waals surface area contributed by atoms with Crippen LogP contribution in [0.2, 0.25) is 0 Å². The normalized spacial score (nSPS) is 19.6. The molecule has 0 spiro atoms. The molecule has 5 heteroatoms. The highest BCUT2D eigenvalue weighted by molar-refractivity contribution is 8.15. The van der Waals surface area contributed by atoms with Gasteiger partial charge >= 0.3 is 0 Å². The molecule has 1 amide bonds. The van der Waals surface area contributed by atoms with Crippen molar-refractivity contribution in [2.45, 2.75) is 19.1 Å². The number of thioether (sulfide) groups is 1. The molecule has 0 aliphatic carbocycles. The van der Waals surface area contributed by atoms with Gasteiger partial charge in [0.05, 0.1) is 5.25 Å². The first-order valence-electron chi connectivity index (χ1n) is 5.53. The molecule has 2 rings (SSSR count). The Bertz CT molecular complexity index is 444. The van der Waals surface area contributed by atoms with Gasteiger partial charge in [-0.3, -0.25) is 4.79 Å². The van der Waals surface area contributed by atoms with Gasteiger partial charge in [-0.25, -0.2) is 4.98 Å². The number of nitrogens with zero attached hydrogens (tertiary/aromatic N) is 3. The molecule has 0 saturated carbocycles. The molecule has 0 radical (unpaired) electrons. The second-order valence-electron chi connectivity index (χ2n) is 4.26. The molecule has 0 aromatic carbocycles. The SMILES string of the molecule is CC(C)C1SC(N(C)c2ccccn2)=NC1=O. The third-order valence-corrected chi connectivity index (χ3v) is 4.14. The van der Waals surface area contributed by atoms with E-state index < -0.39 is 0 Å². The number of amidine groups is 1. The number of aromatic nitrogens is 1. The highest BCUT2D eigenvalue weighted by Gasteiger charge is 2.32. The summed E-state index contributed by atoms with van der Waals surface area (Å²) in [7, 11) is 1.88. The lowest BCUT2D eigenvalue weighted by Crippen LogP contribution is -2.24. The predicted molar refractivity (Wildman–Crippen MR) is 71.3 cm³/mol. The number of aliphatic imine (C=N–C) groups is 1. The van der Waals surface area contributed by atoms with E-state index in [2.05, 4.69) is 9.98 Å². The minimum Gasteiger partial charge on any atom is -0.309 e. The maximum atomic E-state index is 11.7. The van der Waals surface area contributed by atoms with Crippen LogP contribution >= 0.6 is 11.8 Å². The van der Waals surface area contributed by atoms with Gasteiger partial charge in [-0.05, 0) is 18.1 Å². The van der Waals surface area contributed by atoms with E-state index >= 15 is 0 Å². The summed E-state index contributed by atoms with van der Waals surface area (Å²) in [6.45, 7) is 4.07. The van der Waals surface area contributed by atoms with Crippen molar-refractivity contribution in [3.8, 4) is 0 Å². The van der Waals surface area contributed by atoms with Crippen LogP contribution in [0.4, 0.5) is 5.82 Å². The molecule has 1 aliphatic rings. The van der Waals surface area contributed by atoms with Gasteiger partial charge in [0.15, 0.2) is 5.17 Å². The summed E-state index contributed by atoms with van der Waals surface area (Å²) in [4.78, 5) is 21.9. The minimum atomic E-state index is -0.0591. The van der Waals surface area contributed by atoms with Gasteiger partial charge in [0.1, 0.15) is 5.82 Å². The molecule has 0 saturated heterocycles. The number of pyridine rings is 1. The van der Waals surface area contributed by atoms with Gasteiger partial charge in [-0.15, -0.1) is 0 Å². The van der Waals surface area contributed by atoms with Gasteiger partial charge in [-0.1, -0.05) is 31.7 Å². The number of carbonyl (C=O) groups is 1. The molecule has 1 aromatic heterocycles. The topological polar surface area (TPSA) is 45.6 Å². The maximum Gasteiger partial charge on any atom is 0.261 e. The van der Waals surface area contributed by atoms with E-state index in [1.165, 1.54) is 11.8 Å². The number of hydrogen-bond acceptors (Lipinski definition) is 4. The van der Waals surface area contributed by atoms with Gasteiger partial charge in [0.2, 0.25) is 0 Å². The summed E-state index contributed by atoms with van der Waals surface area (Å²) < 4.78 is 0. The van der Waals surface area contributed by atoms with Crippen LogP contribution in [0.25, 0.3) is 0 Å². The third kappa shape index (κ3) is 2.49. The Kier molecular flexibility index (Phi) is 3.47. The van der Waals surface area contributed by atoms with Crippen LogP contribution in [0.3, 0.4) is 0 Å². The summed E-state index contributed by atoms with van der Waals surface area (Å²) >= 11 is 1.52. The number of anilines is 1. The molecule has 0 fully saturated rings. The summed E-state index contributed by atoms with van der Waals surface area (Å²) in [6, 6.07) is 5.68. The highest BCUT2D eigenvalue weighted by Crippen LogP contribution is 2.30. The van der Waals surface area contributed by atoms with Crippen molar-refractivity contribution in [3.05, 3.63) is 24.4 Å². The van der Waals surface area contributed by atoms with Crippen molar-refractivity contribution in [2.75, 3.05) is 11.9 Å². The zero-order chi connectivity index (χ0) is 12.4. The van der Waals surface area contributed by atoms with Crippen LogP contribution < -0.4 is 4.90 Å². The van der Waals surface area contributed by atoms with E-state index in [9.17, 15) is 4.79 Å². The Morgan fingerprint density at radius 2 is 2.18 bits per heavy atom. The minimum absolute atomic E-state index is 0.0391. The Hall–Kier alpha value is -1.36. The lowest BCUT2D eigenvalue weighted by Gasteiger charge is -2.18. The van der Waals surface area contributed by atoms with Gasteiger partial charge < -0.3 is 4.90 Å². The van der Waals surface area contributed by atoms with Gasteiger partial charge in [0.25, 0.3) is 5.91 Å². The Balaban J connectivity index is 2.16. The fourth-order valence-corrected chi connectivity index (χ4v) is 2.62. The lowest BCUT2D eigenvalue weighted by molar-refractivity contribution is -0.117. The average molecular weight is 249 g/mol. The van der Waals surface area contributed by atoms with Crippen LogP contribution in [-0.4, -0.2) is 28.4 Å². The fraction of sp³-hybridized carbons (Fsp3) is 0.417. The molecule has 17 heavy (non-hydrogen) atoms. The van der Waals surface area contributed by atoms with E-state index in [1.54, 1.807) is 6.20 Å². The molecule has 4 nitrogen and oxygen atoms in total. The van der Waals surface area contributed by atoms with E-state index in [1.807, 2.05) is 44.0 Å². The molecule has 0 bridgehead atoms. The first-order valence-corrected chi connectivity index (χ1v) is 6.41. The first-order chi connectivity index (χ1) is 8.09. The van der Waals surface area contributed by atoms with Crippen molar-refractivity contribution in [2.24, 2.45) is 10.9 Å². The number of amides is 1. The smallest absolute Gasteiger partial charge is 0.261 e. The summed E-state index contributed by atoms with van der Waals surface area (Å²) in [5.41, 5.74) is 0. The highest BCUT2D eigenvalue weighted by atomic mass is 32.2. The standard InChI is InChI=1S/C12H15N3OS/c1-8(2)10-11(16)14-12(17-10)15(3)9-6-4-5-7-13-9/h4-8,10H,1-3H3. The van der Waals surface area contributed by atoms with E-state index in [-0.39, 0.29) is 11.2 Å². The molecule has 90 valence electrons. The average Bonchev–Trinajstić information content (AvgIpc) is 2.71. The Labute approximate surface area is 105 Å². The fourth-order valence-electron chi connectivity index (χ4n) is 1.57. The molecule has 1 atom stereocenters. The Morgan fingerprint density at radius 1 is 1.41 bits per heavy atom. The van der Waals surface area contributed by atoms with Crippen LogP contribution in [0, 0.1) is 5.92 Å². The summed E-state index contributed by atoms with van der Waals surface area (Å²) in [6.07, 6.45) is 1.73. The number of carbonyl (C=O) groups excluding carboxylic acids is 1. The van der Waals surface area contributed by atoms with Crippen molar-refractivity contribution < 1.29 is 4.79 Å². The number of rotatable bonds is 2. The van der Waals surface area contributed by atoms with E-state index in [4.69, 9.17) is 0 Å². The molecule has 1 aliphatic heterocycles. The Morgan fingerprint density at radius 3 is 2.71 bits per heavy atom. The van der Waals surface area contributed by atoms with Gasteiger partial charge in [0, 0.05) is 13.2 Å². The third-order valence-electron chi connectivity index (χ3n) is 2.57. The van der Waals surface area contributed by atoms with Crippen molar-refractivity contribution >= 4 is 28.7 Å². The maximum absolute atomic E-state index is 11.7. The zero-order valence-electron chi connectivity index (χ0n) is 10.1. The summed E-state index contributed by atoms with van der Waals surface area (Å²) in [5, 5.41) is 0.670. The number of hydrogen-bond donors (Lipinski definition) is 0. The van der Waals surface area contributed by atoms with Crippen LogP contribution in [0.1, 0.15) is 13.8 Å². The monoisotopic (exact) mass is 249 g/mol. The predicted octanol–water partition coefficient (Wildman–Crippen LogP) is 2.17. The quantitative estimate of drug-likeness (QED) is 0.806. The van der Waals surface area contributed by atoms with Crippen LogP contribution in [0.15, 0.2) is 29.4 Å². The van der Waals surface area contributed by atoms with E-state index in [0.29, 0.717) is 5.92 Å². The molecule has 1 aromatic rings. The second kappa shape index (κ2) is 4.87. The molecular formula is C12H15N3OS. The second-order valence-corrected chi connectivity index (χ2v) is 5.37. The van der Waals surface area contributed by atoms with Crippen molar-refractivity contribution in [3.63, 3.8) is 0 Å². The van der Waals surface area contributed by atoms with Gasteiger partial charge in [-0.2, -0.15) is 4.99 Å². The van der Waals surface area contributed by atoms with Crippen molar-refractivity contribution in [1.29, 1.82) is 0 Å². The van der Waals surface area contributed by atoms with Crippen LogP contribution in [0.5, 0.6) is 0 Å². The summed E-state index contributed by atoms with van der Waals surface area (Å²) in [5.74, 6) is 1.06. The largest absolute Gasteiger partial charge is 0.309 e. The molecule has 0 N–H and O–H groups in total.